The largest absolute Gasteiger partial charge is 0.485 e. The Kier molecular flexibility index (Phi) is 6.17. The fraction of sp³-hybridized carbons (Fsp3) is 0.400. The number of ether oxygens (including phenoxy) is 1. The molecule has 1 unspecified atom stereocenters. The summed E-state index contributed by atoms with van der Waals surface area (Å²) >= 11 is 0. The van der Waals surface area contributed by atoms with Crippen LogP contribution in [0.3, 0.4) is 0 Å². The highest BCUT2D eigenvalue weighted by atomic mass is 16.5. The Balaban J connectivity index is 1.62. The molecule has 7 nitrogen and oxygen atoms in total. The predicted octanol–water partition coefficient (Wildman–Crippen LogP) is 3.41. The third kappa shape index (κ3) is 4.20. The van der Waals surface area contributed by atoms with Gasteiger partial charge in [0.25, 0.3) is 11.5 Å². The number of amides is 1. The first-order chi connectivity index (χ1) is 15.4. The van der Waals surface area contributed by atoms with Crippen molar-refractivity contribution in [3.63, 3.8) is 0 Å². The fourth-order valence-corrected chi connectivity index (χ4v) is 4.21. The van der Waals surface area contributed by atoms with Crippen molar-refractivity contribution in [3.8, 4) is 5.75 Å². The lowest BCUT2D eigenvalue weighted by Crippen LogP contribution is -2.47. The molecule has 1 aliphatic rings. The van der Waals surface area contributed by atoms with E-state index in [1.54, 1.807) is 24.1 Å². The van der Waals surface area contributed by atoms with Crippen LogP contribution in [0.1, 0.15) is 31.3 Å². The summed E-state index contributed by atoms with van der Waals surface area (Å²) in [5.74, 6) is 0.850. The molecule has 3 aromatic rings. The van der Waals surface area contributed by atoms with Crippen LogP contribution >= 0.6 is 0 Å². The quantitative estimate of drug-likeness (QED) is 0.595. The second-order valence-electron chi connectivity index (χ2n) is 8.71. The molecular weight excluding hydrogens is 404 g/mol. The minimum absolute atomic E-state index is 0.161. The Morgan fingerprint density at radius 3 is 2.56 bits per heavy atom. The number of aromatic nitrogens is 2. The number of benzene rings is 2. The second kappa shape index (κ2) is 9.02. The molecule has 0 aliphatic carbocycles. The van der Waals surface area contributed by atoms with Crippen LogP contribution in [0.2, 0.25) is 0 Å². The average molecular weight is 435 g/mol. The lowest BCUT2D eigenvalue weighted by atomic mass is 10.1. The number of anilines is 1. The van der Waals surface area contributed by atoms with Crippen molar-refractivity contribution < 1.29 is 9.53 Å². The third-order valence-electron chi connectivity index (χ3n) is 5.74. The standard InChI is InChI=1S/C25H30N4O3/c1-5-28-16-18(32-22-13-9-8-12-21(22)28)15-27(4)25(31)23-19-10-6-7-11-20(19)24(30)29(26-23)14-17(2)3/h6-13,17-18H,5,14-16H2,1-4H3. The molecule has 4 rings (SSSR count). The minimum atomic E-state index is -0.218. The van der Waals surface area contributed by atoms with Gasteiger partial charge in [0, 0.05) is 25.5 Å². The van der Waals surface area contributed by atoms with Crippen LogP contribution in [-0.2, 0) is 6.54 Å². The molecule has 168 valence electrons. The van der Waals surface area contributed by atoms with Crippen molar-refractivity contribution in [2.75, 3.05) is 31.6 Å². The lowest BCUT2D eigenvalue weighted by molar-refractivity contribution is 0.0703. The molecule has 1 aromatic heterocycles. The number of hydrogen-bond acceptors (Lipinski definition) is 5. The van der Waals surface area contributed by atoms with E-state index < -0.39 is 0 Å². The normalized spacial score (nSPS) is 15.5. The SMILES string of the molecule is CCN1CC(CN(C)C(=O)c2nn(CC(C)C)c(=O)c3ccccc23)Oc2ccccc21. The Morgan fingerprint density at radius 2 is 1.84 bits per heavy atom. The monoisotopic (exact) mass is 434 g/mol. The van der Waals surface area contributed by atoms with Crippen molar-refractivity contribution >= 4 is 22.4 Å². The molecule has 0 radical (unpaired) electrons. The van der Waals surface area contributed by atoms with E-state index in [2.05, 4.69) is 23.0 Å². The van der Waals surface area contributed by atoms with Crippen molar-refractivity contribution in [2.24, 2.45) is 5.92 Å². The average Bonchev–Trinajstić information content (AvgIpc) is 2.79. The molecule has 1 amide bonds. The maximum Gasteiger partial charge on any atom is 0.274 e. The summed E-state index contributed by atoms with van der Waals surface area (Å²) in [7, 11) is 1.76. The van der Waals surface area contributed by atoms with E-state index in [0.29, 0.717) is 36.1 Å². The van der Waals surface area contributed by atoms with E-state index in [1.807, 2.05) is 44.2 Å². The maximum atomic E-state index is 13.5. The molecule has 32 heavy (non-hydrogen) atoms. The summed E-state index contributed by atoms with van der Waals surface area (Å²) in [5.41, 5.74) is 1.21. The van der Waals surface area contributed by atoms with E-state index in [9.17, 15) is 9.59 Å². The lowest BCUT2D eigenvalue weighted by Gasteiger charge is -2.37. The van der Waals surface area contributed by atoms with Crippen molar-refractivity contribution in [2.45, 2.75) is 33.4 Å². The van der Waals surface area contributed by atoms with Crippen molar-refractivity contribution in [3.05, 3.63) is 64.6 Å². The van der Waals surface area contributed by atoms with Gasteiger partial charge in [-0.05, 0) is 31.0 Å². The Hall–Kier alpha value is -3.35. The van der Waals surface area contributed by atoms with Crippen LogP contribution < -0.4 is 15.2 Å². The zero-order chi connectivity index (χ0) is 22.8. The highest BCUT2D eigenvalue weighted by Gasteiger charge is 2.28. The van der Waals surface area contributed by atoms with Gasteiger partial charge in [-0.2, -0.15) is 5.10 Å². The van der Waals surface area contributed by atoms with Gasteiger partial charge in [0.05, 0.1) is 24.2 Å². The van der Waals surface area contributed by atoms with Crippen LogP contribution in [0, 0.1) is 5.92 Å². The molecule has 2 aromatic carbocycles. The van der Waals surface area contributed by atoms with Gasteiger partial charge >= 0.3 is 0 Å². The Labute approximate surface area is 188 Å². The molecule has 0 spiro atoms. The minimum Gasteiger partial charge on any atom is -0.485 e. The van der Waals surface area contributed by atoms with Crippen LogP contribution in [0.15, 0.2) is 53.3 Å². The molecule has 7 heteroatoms. The Morgan fingerprint density at radius 1 is 1.16 bits per heavy atom. The second-order valence-corrected chi connectivity index (χ2v) is 8.71. The summed E-state index contributed by atoms with van der Waals surface area (Å²) in [6, 6.07) is 15.2. The molecule has 0 bridgehead atoms. The van der Waals surface area contributed by atoms with Gasteiger partial charge in [-0.15, -0.1) is 0 Å². The van der Waals surface area contributed by atoms with E-state index in [1.165, 1.54) is 4.68 Å². The van der Waals surface area contributed by atoms with Crippen LogP contribution in [0.5, 0.6) is 5.75 Å². The van der Waals surface area contributed by atoms with Crippen LogP contribution in [0.4, 0.5) is 5.69 Å². The number of carbonyl (C=O) groups excluding carboxylic acids is 1. The summed E-state index contributed by atoms with van der Waals surface area (Å²) < 4.78 is 7.61. The number of rotatable bonds is 6. The molecular formula is C25H30N4O3. The summed E-state index contributed by atoms with van der Waals surface area (Å²) in [5, 5.41) is 5.58. The molecule has 2 heterocycles. The smallest absolute Gasteiger partial charge is 0.274 e. The number of nitrogens with zero attached hydrogens (tertiary/aromatic N) is 4. The predicted molar refractivity (Wildman–Crippen MR) is 127 cm³/mol. The van der Waals surface area contributed by atoms with Gasteiger partial charge in [0.15, 0.2) is 5.69 Å². The number of para-hydroxylation sites is 2. The van der Waals surface area contributed by atoms with E-state index in [0.717, 1.165) is 18.0 Å². The van der Waals surface area contributed by atoms with Gasteiger partial charge in [0.1, 0.15) is 11.9 Å². The first-order valence-corrected chi connectivity index (χ1v) is 11.1. The molecule has 0 N–H and O–H groups in total. The fourth-order valence-electron chi connectivity index (χ4n) is 4.21. The van der Waals surface area contributed by atoms with E-state index >= 15 is 0 Å². The first kappa shape index (κ1) is 21.9. The Bertz CT molecular complexity index is 1190. The topological polar surface area (TPSA) is 67.7 Å². The van der Waals surface area contributed by atoms with E-state index in [4.69, 9.17) is 4.74 Å². The highest BCUT2D eigenvalue weighted by Crippen LogP contribution is 2.33. The van der Waals surface area contributed by atoms with Crippen LogP contribution in [0.25, 0.3) is 10.8 Å². The number of hydrogen-bond donors (Lipinski definition) is 0. The van der Waals surface area contributed by atoms with E-state index in [-0.39, 0.29) is 23.5 Å². The van der Waals surface area contributed by atoms with Crippen LogP contribution in [-0.4, -0.2) is 53.4 Å². The number of carbonyl (C=O) groups is 1. The van der Waals surface area contributed by atoms with Crippen molar-refractivity contribution in [1.29, 1.82) is 0 Å². The van der Waals surface area contributed by atoms with Gasteiger partial charge in [-0.25, -0.2) is 4.68 Å². The molecule has 1 aliphatic heterocycles. The van der Waals surface area contributed by atoms with Gasteiger partial charge in [-0.1, -0.05) is 44.2 Å². The van der Waals surface area contributed by atoms with Gasteiger partial charge < -0.3 is 14.5 Å². The zero-order valence-corrected chi connectivity index (χ0v) is 19.1. The highest BCUT2D eigenvalue weighted by molar-refractivity contribution is 6.04. The number of likely N-dealkylation sites (N-methyl/N-ethyl adjacent to an activating group) is 2. The number of fused-ring (bicyclic) bond motifs is 2. The first-order valence-electron chi connectivity index (χ1n) is 11.1. The van der Waals surface area contributed by atoms with Gasteiger partial charge in [-0.3, -0.25) is 9.59 Å². The molecule has 0 saturated carbocycles. The molecule has 0 saturated heterocycles. The zero-order valence-electron chi connectivity index (χ0n) is 19.1. The third-order valence-corrected chi connectivity index (χ3v) is 5.74. The molecule has 0 fully saturated rings. The summed E-state index contributed by atoms with van der Waals surface area (Å²) in [6.45, 7) is 8.60. The maximum absolute atomic E-state index is 13.5. The van der Waals surface area contributed by atoms with Gasteiger partial charge in [0.2, 0.25) is 0 Å². The summed E-state index contributed by atoms with van der Waals surface area (Å²) in [4.78, 5) is 30.2. The molecule has 1 atom stereocenters. The summed E-state index contributed by atoms with van der Waals surface area (Å²) in [6.07, 6.45) is -0.161. The van der Waals surface area contributed by atoms with Crippen molar-refractivity contribution in [1.82, 2.24) is 14.7 Å².